The van der Waals surface area contributed by atoms with Crippen LogP contribution in [0.1, 0.15) is 45.3 Å². The second-order valence-corrected chi connectivity index (χ2v) is 7.88. The van der Waals surface area contributed by atoms with Crippen LogP contribution in [0, 0.1) is 0 Å². The fourth-order valence-electron chi connectivity index (χ4n) is 2.59. The summed E-state index contributed by atoms with van der Waals surface area (Å²) >= 11 is 1.93. The molecule has 1 aromatic heterocycles. The summed E-state index contributed by atoms with van der Waals surface area (Å²) in [6.07, 6.45) is 3.71. The van der Waals surface area contributed by atoms with Crippen molar-refractivity contribution in [1.29, 1.82) is 0 Å². The normalized spacial score (nSPS) is 19.1. The third kappa shape index (κ3) is 4.63. The average Bonchev–Trinajstić information content (AvgIpc) is 2.46. The van der Waals surface area contributed by atoms with Crippen molar-refractivity contribution in [1.82, 2.24) is 15.2 Å². The first kappa shape index (κ1) is 16.1. The number of hydrogen-bond donors (Lipinski definition) is 1. The predicted octanol–water partition coefficient (Wildman–Crippen LogP) is 3.46. The molecular formula is C16H25N3OS. The molecule has 0 saturated carbocycles. The fraction of sp³-hybridized carbons (Fsp3) is 0.625. The Morgan fingerprint density at radius 3 is 2.95 bits per heavy atom. The minimum absolute atomic E-state index is 0.00129. The molecule has 0 radical (unpaired) electrons. The molecule has 2 rings (SSSR count). The first-order valence-electron chi connectivity index (χ1n) is 7.62. The zero-order valence-electron chi connectivity index (χ0n) is 13.1. The molecule has 1 unspecified atom stereocenters. The molecule has 5 heteroatoms. The van der Waals surface area contributed by atoms with E-state index in [2.05, 4.69) is 31.1 Å². The Hall–Kier alpha value is -1.23. The minimum atomic E-state index is 0.00129. The smallest absolute Gasteiger partial charge is 0.318 e. The van der Waals surface area contributed by atoms with Gasteiger partial charge in [0.25, 0.3) is 0 Å². The highest BCUT2D eigenvalue weighted by molar-refractivity contribution is 8.00. The minimum Gasteiger partial charge on any atom is -0.330 e. The van der Waals surface area contributed by atoms with Crippen LogP contribution >= 0.6 is 11.8 Å². The van der Waals surface area contributed by atoms with Gasteiger partial charge >= 0.3 is 6.03 Å². The lowest BCUT2D eigenvalue weighted by atomic mass is 10.1. The van der Waals surface area contributed by atoms with Crippen molar-refractivity contribution in [2.75, 3.05) is 18.8 Å². The largest absolute Gasteiger partial charge is 0.330 e. The molecule has 116 valence electrons. The van der Waals surface area contributed by atoms with Gasteiger partial charge in [-0.3, -0.25) is 4.98 Å². The molecule has 2 amide bonds. The summed E-state index contributed by atoms with van der Waals surface area (Å²) in [6.45, 7) is 8.13. The molecule has 0 spiro atoms. The molecule has 1 saturated heterocycles. The molecule has 4 nitrogen and oxygen atoms in total. The summed E-state index contributed by atoms with van der Waals surface area (Å²) in [7, 11) is 0. The van der Waals surface area contributed by atoms with Gasteiger partial charge in [0.1, 0.15) is 0 Å². The zero-order valence-corrected chi connectivity index (χ0v) is 13.9. The zero-order chi connectivity index (χ0) is 15.3. The summed E-state index contributed by atoms with van der Waals surface area (Å²) in [5.41, 5.74) is 0.943. The molecule has 1 fully saturated rings. The Kier molecular flexibility index (Phi) is 5.51. The number of aromatic nitrogens is 1. The molecule has 1 aliphatic rings. The van der Waals surface area contributed by atoms with Crippen molar-refractivity contribution < 1.29 is 4.79 Å². The van der Waals surface area contributed by atoms with Gasteiger partial charge in [-0.2, -0.15) is 11.8 Å². The number of carbonyl (C=O) groups is 1. The van der Waals surface area contributed by atoms with Crippen molar-refractivity contribution in [2.45, 2.75) is 44.4 Å². The van der Waals surface area contributed by atoms with E-state index in [9.17, 15) is 4.79 Å². The highest BCUT2D eigenvalue weighted by Gasteiger charge is 2.30. The fourth-order valence-corrected chi connectivity index (χ4v) is 3.71. The summed E-state index contributed by atoms with van der Waals surface area (Å²) in [4.78, 5) is 18.8. The van der Waals surface area contributed by atoms with Gasteiger partial charge in [-0.05, 0) is 32.4 Å². The Balaban J connectivity index is 2.01. The van der Waals surface area contributed by atoms with Crippen LogP contribution in [0.15, 0.2) is 24.4 Å². The molecule has 0 bridgehead atoms. The predicted molar refractivity (Wildman–Crippen MR) is 88.5 cm³/mol. The number of hydrogen-bond acceptors (Lipinski definition) is 3. The van der Waals surface area contributed by atoms with Crippen LogP contribution in [-0.4, -0.2) is 39.5 Å². The number of nitrogens with one attached hydrogen (secondary N) is 1. The Labute approximate surface area is 131 Å². The van der Waals surface area contributed by atoms with E-state index in [4.69, 9.17) is 0 Å². The van der Waals surface area contributed by atoms with Gasteiger partial charge in [0.2, 0.25) is 0 Å². The van der Waals surface area contributed by atoms with Crippen molar-refractivity contribution in [3.63, 3.8) is 0 Å². The van der Waals surface area contributed by atoms with Gasteiger partial charge in [-0.1, -0.05) is 19.4 Å². The Bertz CT molecular complexity index is 464. The third-order valence-electron chi connectivity index (χ3n) is 3.63. The van der Waals surface area contributed by atoms with Gasteiger partial charge in [-0.15, -0.1) is 0 Å². The first-order valence-corrected chi connectivity index (χ1v) is 8.61. The highest BCUT2D eigenvalue weighted by atomic mass is 32.2. The lowest BCUT2D eigenvalue weighted by Gasteiger charge is -2.38. The van der Waals surface area contributed by atoms with Crippen LogP contribution in [0.2, 0.25) is 0 Å². The Morgan fingerprint density at radius 1 is 1.52 bits per heavy atom. The summed E-state index contributed by atoms with van der Waals surface area (Å²) in [5.74, 6) is 1.00. The quantitative estimate of drug-likeness (QED) is 0.926. The van der Waals surface area contributed by atoms with Gasteiger partial charge in [0.15, 0.2) is 0 Å². The van der Waals surface area contributed by atoms with Crippen molar-refractivity contribution >= 4 is 17.8 Å². The molecule has 1 N–H and O–H groups in total. The van der Waals surface area contributed by atoms with Gasteiger partial charge in [0, 0.05) is 29.8 Å². The summed E-state index contributed by atoms with van der Waals surface area (Å²) in [5, 5.41) is 3.16. The summed E-state index contributed by atoms with van der Waals surface area (Å²) in [6, 6.07) is 5.89. The molecule has 1 aromatic rings. The topological polar surface area (TPSA) is 45.2 Å². The summed E-state index contributed by atoms with van der Waals surface area (Å²) < 4.78 is 0.140. The molecule has 1 aliphatic heterocycles. The lowest BCUT2D eigenvalue weighted by Crippen LogP contribution is -2.50. The van der Waals surface area contributed by atoms with Gasteiger partial charge < -0.3 is 10.2 Å². The van der Waals surface area contributed by atoms with Crippen molar-refractivity contribution in [3.05, 3.63) is 30.1 Å². The highest BCUT2D eigenvalue weighted by Crippen LogP contribution is 2.29. The molecule has 21 heavy (non-hydrogen) atoms. The number of carbonyl (C=O) groups excluding carboxylic acids is 1. The van der Waals surface area contributed by atoms with E-state index < -0.39 is 0 Å². The van der Waals surface area contributed by atoms with E-state index in [0.29, 0.717) is 0 Å². The second-order valence-electron chi connectivity index (χ2n) is 6.08. The maximum atomic E-state index is 12.5. The van der Waals surface area contributed by atoms with Crippen LogP contribution in [0.5, 0.6) is 0 Å². The number of rotatable bonds is 4. The monoisotopic (exact) mass is 307 g/mol. The average molecular weight is 307 g/mol. The molecular weight excluding hydrogens is 282 g/mol. The Morgan fingerprint density at radius 2 is 2.33 bits per heavy atom. The third-order valence-corrected chi connectivity index (χ3v) is 4.93. The van der Waals surface area contributed by atoms with E-state index >= 15 is 0 Å². The van der Waals surface area contributed by atoms with E-state index in [1.165, 1.54) is 0 Å². The number of pyridine rings is 1. The van der Waals surface area contributed by atoms with E-state index in [0.717, 1.165) is 37.4 Å². The number of nitrogens with zero attached hydrogens (tertiary/aromatic N) is 2. The number of thioether (sulfide) groups is 1. The van der Waals surface area contributed by atoms with E-state index in [-0.39, 0.29) is 16.8 Å². The van der Waals surface area contributed by atoms with Crippen LogP contribution in [-0.2, 0) is 0 Å². The lowest BCUT2D eigenvalue weighted by molar-refractivity contribution is 0.190. The SMILES string of the molecule is CCCC(NC(=O)N1CCSC(C)(C)C1)c1ccccn1. The molecule has 1 atom stereocenters. The second kappa shape index (κ2) is 7.16. The van der Waals surface area contributed by atoms with Gasteiger partial charge in [0.05, 0.1) is 11.7 Å². The standard InChI is InChI=1S/C16H25N3OS/c1-4-7-14(13-8-5-6-9-17-13)18-15(20)19-10-11-21-16(2,3)12-19/h5-6,8-9,14H,4,7,10-12H2,1-3H3,(H,18,20). The molecule has 0 aromatic carbocycles. The van der Waals surface area contributed by atoms with Crippen molar-refractivity contribution in [2.24, 2.45) is 0 Å². The van der Waals surface area contributed by atoms with Crippen LogP contribution < -0.4 is 5.32 Å². The van der Waals surface area contributed by atoms with Crippen LogP contribution in [0.4, 0.5) is 4.79 Å². The first-order chi connectivity index (χ1) is 10.0. The molecule has 2 heterocycles. The maximum absolute atomic E-state index is 12.5. The van der Waals surface area contributed by atoms with E-state index in [1.54, 1.807) is 6.20 Å². The number of amides is 2. The van der Waals surface area contributed by atoms with E-state index in [1.807, 2.05) is 34.9 Å². The van der Waals surface area contributed by atoms with Crippen LogP contribution in [0.3, 0.4) is 0 Å². The van der Waals surface area contributed by atoms with Gasteiger partial charge in [-0.25, -0.2) is 4.79 Å². The van der Waals surface area contributed by atoms with Crippen molar-refractivity contribution in [3.8, 4) is 0 Å². The number of urea groups is 1. The maximum Gasteiger partial charge on any atom is 0.318 e. The molecule has 0 aliphatic carbocycles. The van der Waals surface area contributed by atoms with Crippen LogP contribution in [0.25, 0.3) is 0 Å².